The van der Waals surface area contributed by atoms with E-state index in [1.807, 2.05) is 23.1 Å². The number of carbonyl (C=O) groups is 2. The van der Waals surface area contributed by atoms with Gasteiger partial charge < -0.3 is 14.5 Å². The number of hydrogen-bond acceptors (Lipinski definition) is 7. The Morgan fingerprint density at radius 2 is 2.08 bits per heavy atom. The van der Waals surface area contributed by atoms with Crippen molar-refractivity contribution in [3.8, 4) is 0 Å². The normalized spacial score (nSPS) is 14.2. The molecule has 0 bridgehead atoms. The van der Waals surface area contributed by atoms with Gasteiger partial charge in [-0.3, -0.25) is 10.1 Å². The molecule has 2 aromatic heterocycles. The summed E-state index contributed by atoms with van der Waals surface area (Å²) < 4.78 is 4.81. The van der Waals surface area contributed by atoms with Crippen LogP contribution in [0.2, 0.25) is 0 Å². The number of piperazine rings is 1. The number of ether oxygens (including phenoxy) is 1. The summed E-state index contributed by atoms with van der Waals surface area (Å²) in [7, 11) is 0. The fourth-order valence-corrected chi connectivity index (χ4v) is 3.39. The van der Waals surface area contributed by atoms with Crippen LogP contribution in [0, 0.1) is 0 Å². The molecule has 0 unspecified atom stereocenters. The molecule has 3 heterocycles. The van der Waals surface area contributed by atoms with Gasteiger partial charge in [-0.2, -0.15) is 0 Å². The molecule has 0 aliphatic carbocycles. The van der Waals surface area contributed by atoms with Crippen LogP contribution in [-0.2, 0) is 16.0 Å². The molecular weight excluding hydrogens is 354 g/mol. The smallest absolute Gasteiger partial charge is 0.413 e. The van der Waals surface area contributed by atoms with E-state index in [2.05, 4.69) is 20.2 Å². The van der Waals surface area contributed by atoms with E-state index in [4.69, 9.17) is 4.74 Å². The molecule has 9 heteroatoms. The van der Waals surface area contributed by atoms with Crippen molar-refractivity contribution in [2.75, 3.05) is 43.0 Å². The summed E-state index contributed by atoms with van der Waals surface area (Å²) in [6.07, 6.45) is 1.46. The Hall–Kier alpha value is -2.68. The van der Waals surface area contributed by atoms with Crippen LogP contribution in [0.3, 0.4) is 0 Å². The lowest BCUT2D eigenvalue weighted by Gasteiger charge is -2.35. The van der Waals surface area contributed by atoms with Gasteiger partial charge in [0.1, 0.15) is 5.82 Å². The molecule has 138 valence electrons. The average Bonchev–Trinajstić information content (AvgIpc) is 3.09. The minimum Gasteiger partial charge on any atom is -0.450 e. The third-order valence-electron chi connectivity index (χ3n) is 3.97. The zero-order valence-corrected chi connectivity index (χ0v) is 15.4. The molecule has 3 rings (SSSR count). The van der Waals surface area contributed by atoms with E-state index in [0.29, 0.717) is 30.5 Å². The lowest BCUT2D eigenvalue weighted by molar-refractivity contribution is -0.130. The maximum atomic E-state index is 12.5. The number of nitrogens with zero attached hydrogens (tertiary/aromatic N) is 4. The van der Waals surface area contributed by atoms with E-state index >= 15 is 0 Å². The molecule has 0 aromatic carbocycles. The maximum absolute atomic E-state index is 12.5. The molecule has 1 N–H and O–H groups in total. The molecular formula is C17H21N5O3S. The number of aromatic nitrogens is 2. The van der Waals surface area contributed by atoms with Crippen molar-refractivity contribution in [2.24, 2.45) is 0 Å². The van der Waals surface area contributed by atoms with Gasteiger partial charge >= 0.3 is 6.09 Å². The highest BCUT2D eigenvalue weighted by atomic mass is 32.1. The monoisotopic (exact) mass is 375 g/mol. The van der Waals surface area contributed by atoms with Crippen molar-refractivity contribution in [2.45, 2.75) is 13.3 Å². The van der Waals surface area contributed by atoms with Crippen LogP contribution >= 0.6 is 11.3 Å². The van der Waals surface area contributed by atoms with Gasteiger partial charge in [0.15, 0.2) is 5.13 Å². The second-order valence-corrected chi connectivity index (χ2v) is 6.58. The minimum atomic E-state index is -0.537. The predicted octanol–water partition coefficient (Wildman–Crippen LogP) is 2.00. The predicted molar refractivity (Wildman–Crippen MR) is 99.5 cm³/mol. The molecule has 2 amide bonds. The SMILES string of the molecule is CCOC(=O)Nc1nc(CC(=O)N2CCN(c3ccccn3)CC2)cs1. The fraction of sp³-hybridized carbons (Fsp3) is 0.412. The lowest BCUT2D eigenvalue weighted by Crippen LogP contribution is -2.49. The van der Waals surface area contributed by atoms with Crippen molar-refractivity contribution in [3.05, 3.63) is 35.5 Å². The Balaban J connectivity index is 1.49. The second-order valence-electron chi connectivity index (χ2n) is 5.72. The van der Waals surface area contributed by atoms with Gasteiger partial charge in [0.25, 0.3) is 0 Å². The van der Waals surface area contributed by atoms with Gasteiger partial charge in [0, 0.05) is 37.8 Å². The largest absolute Gasteiger partial charge is 0.450 e. The summed E-state index contributed by atoms with van der Waals surface area (Å²) >= 11 is 1.28. The Bertz CT molecular complexity index is 744. The zero-order chi connectivity index (χ0) is 18.4. The molecule has 1 saturated heterocycles. The average molecular weight is 375 g/mol. The summed E-state index contributed by atoms with van der Waals surface area (Å²) in [5.74, 6) is 0.979. The molecule has 26 heavy (non-hydrogen) atoms. The van der Waals surface area contributed by atoms with Gasteiger partial charge in [-0.15, -0.1) is 11.3 Å². The Morgan fingerprint density at radius 1 is 1.27 bits per heavy atom. The first-order chi connectivity index (χ1) is 12.7. The number of pyridine rings is 1. The van der Waals surface area contributed by atoms with Gasteiger partial charge in [-0.25, -0.2) is 14.8 Å². The van der Waals surface area contributed by atoms with Crippen LogP contribution < -0.4 is 10.2 Å². The van der Waals surface area contributed by atoms with Crippen LogP contribution in [0.4, 0.5) is 15.7 Å². The third-order valence-corrected chi connectivity index (χ3v) is 4.78. The van der Waals surface area contributed by atoms with Crippen LogP contribution in [0.1, 0.15) is 12.6 Å². The number of amides is 2. The maximum Gasteiger partial charge on any atom is 0.413 e. The lowest BCUT2D eigenvalue weighted by atomic mass is 10.2. The van der Waals surface area contributed by atoms with Crippen LogP contribution in [0.25, 0.3) is 0 Å². The standard InChI is InChI=1S/C17H21N5O3S/c1-2-25-17(24)20-16-19-13(12-26-16)11-15(23)22-9-7-21(8-10-22)14-5-3-4-6-18-14/h3-6,12H,2,7-11H2,1H3,(H,19,20,24). The van der Waals surface area contributed by atoms with Crippen LogP contribution in [0.15, 0.2) is 29.8 Å². The summed E-state index contributed by atoms with van der Waals surface area (Å²) in [6.45, 7) is 4.87. The topological polar surface area (TPSA) is 87.7 Å². The molecule has 0 atom stereocenters. The van der Waals surface area contributed by atoms with E-state index in [-0.39, 0.29) is 12.3 Å². The highest BCUT2D eigenvalue weighted by Gasteiger charge is 2.22. The number of anilines is 2. The number of rotatable bonds is 5. The van der Waals surface area contributed by atoms with Crippen molar-refractivity contribution in [3.63, 3.8) is 0 Å². The highest BCUT2D eigenvalue weighted by molar-refractivity contribution is 7.13. The number of carbonyl (C=O) groups excluding carboxylic acids is 2. The Labute approximate surface area is 155 Å². The quantitative estimate of drug-likeness (QED) is 0.860. The van der Waals surface area contributed by atoms with E-state index in [1.165, 1.54) is 11.3 Å². The van der Waals surface area contributed by atoms with Crippen molar-refractivity contribution in [1.82, 2.24) is 14.9 Å². The van der Waals surface area contributed by atoms with E-state index in [1.54, 1.807) is 18.5 Å². The summed E-state index contributed by atoms with van der Waals surface area (Å²) in [6, 6.07) is 5.83. The summed E-state index contributed by atoms with van der Waals surface area (Å²) in [5.41, 5.74) is 0.652. The van der Waals surface area contributed by atoms with Crippen molar-refractivity contribution in [1.29, 1.82) is 0 Å². The molecule has 2 aromatic rings. The van der Waals surface area contributed by atoms with E-state index in [0.717, 1.165) is 18.9 Å². The fourth-order valence-electron chi connectivity index (χ4n) is 2.69. The molecule has 0 saturated carbocycles. The number of nitrogens with one attached hydrogen (secondary N) is 1. The third kappa shape index (κ3) is 4.69. The van der Waals surface area contributed by atoms with Gasteiger partial charge in [0.05, 0.1) is 18.7 Å². The zero-order valence-electron chi connectivity index (χ0n) is 14.6. The van der Waals surface area contributed by atoms with Gasteiger partial charge in [-0.1, -0.05) is 6.07 Å². The first-order valence-electron chi connectivity index (χ1n) is 8.47. The molecule has 1 aliphatic rings. The highest BCUT2D eigenvalue weighted by Crippen LogP contribution is 2.18. The van der Waals surface area contributed by atoms with Crippen LogP contribution in [-0.4, -0.2) is 59.7 Å². The van der Waals surface area contributed by atoms with E-state index < -0.39 is 6.09 Å². The summed E-state index contributed by atoms with van der Waals surface area (Å²) in [4.78, 5) is 36.5. The van der Waals surface area contributed by atoms with Gasteiger partial charge in [0.2, 0.25) is 5.91 Å². The number of thiazole rings is 1. The first-order valence-corrected chi connectivity index (χ1v) is 9.35. The molecule has 1 fully saturated rings. The van der Waals surface area contributed by atoms with Gasteiger partial charge in [-0.05, 0) is 19.1 Å². The Kier molecular flexibility index (Phi) is 6.00. The van der Waals surface area contributed by atoms with Crippen LogP contribution in [0.5, 0.6) is 0 Å². The molecule has 1 aliphatic heterocycles. The van der Waals surface area contributed by atoms with E-state index in [9.17, 15) is 9.59 Å². The molecule has 0 radical (unpaired) electrons. The summed E-state index contributed by atoms with van der Waals surface area (Å²) in [5, 5.41) is 4.77. The molecule has 0 spiro atoms. The minimum absolute atomic E-state index is 0.0404. The Morgan fingerprint density at radius 3 is 2.77 bits per heavy atom. The first kappa shape index (κ1) is 18.1. The van der Waals surface area contributed by atoms with Crippen molar-refractivity contribution >= 4 is 34.3 Å². The molecule has 8 nitrogen and oxygen atoms in total. The van der Waals surface area contributed by atoms with Crippen molar-refractivity contribution < 1.29 is 14.3 Å². The number of hydrogen-bond donors (Lipinski definition) is 1. The second kappa shape index (κ2) is 8.61.